The predicted octanol–water partition coefficient (Wildman–Crippen LogP) is 2.31. The highest BCUT2D eigenvalue weighted by atomic mass is 16.2. The Morgan fingerprint density at radius 3 is 2.59 bits per heavy atom. The molecule has 96 valence electrons. The minimum absolute atomic E-state index is 0.0612. The first-order valence-electron chi connectivity index (χ1n) is 6.33. The molecule has 0 aliphatic heterocycles. The fraction of sp³-hybridized carbons (Fsp3) is 0.571. The van der Waals surface area contributed by atoms with Crippen LogP contribution in [0.5, 0.6) is 0 Å². The molecule has 1 unspecified atom stereocenters. The molecule has 3 N–H and O–H groups in total. The van der Waals surface area contributed by atoms with Gasteiger partial charge in [0.2, 0.25) is 0 Å². The SMILES string of the molecule is CC(N)c1ccccc1N(C)CCCCCO. The third kappa shape index (κ3) is 4.36. The lowest BCUT2D eigenvalue weighted by atomic mass is 10.1. The van der Waals surface area contributed by atoms with Crippen LogP contribution in [0.3, 0.4) is 0 Å². The van der Waals surface area contributed by atoms with Gasteiger partial charge in [-0.15, -0.1) is 0 Å². The van der Waals surface area contributed by atoms with Gasteiger partial charge in [0.25, 0.3) is 0 Å². The van der Waals surface area contributed by atoms with Crippen molar-refractivity contribution in [2.24, 2.45) is 5.73 Å². The predicted molar refractivity (Wildman–Crippen MR) is 73.3 cm³/mol. The number of rotatable bonds is 7. The van der Waals surface area contributed by atoms with Crippen molar-refractivity contribution in [1.29, 1.82) is 0 Å². The van der Waals surface area contributed by atoms with Gasteiger partial charge in [-0.25, -0.2) is 0 Å². The molecule has 1 aromatic rings. The Labute approximate surface area is 104 Å². The Balaban J connectivity index is 2.58. The topological polar surface area (TPSA) is 49.5 Å². The van der Waals surface area contributed by atoms with Gasteiger partial charge in [0, 0.05) is 31.9 Å². The van der Waals surface area contributed by atoms with Gasteiger partial charge in [-0.1, -0.05) is 18.2 Å². The first kappa shape index (κ1) is 14.0. The van der Waals surface area contributed by atoms with Gasteiger partial charge in [0.05, 0.1) is 0 Å². The zero-order chi connectivity index (χ0) is 12.7. The van der Waals surface area contributed by atoms with Crippen LogP contribution in [0.4, 0.5) is 5.69 Å². The number of para-hydroxylation sites is 1. The van der Waals surface area contributed by atoms with E-state index < -0.39 is 0 Å². The number of nitrogens with two attached hydrogens (primary N) is 1. The van der Waals surface area contributed by atoms with Crippen LogP contribution in [0.25, 0.3) is 0 Å². The van der Waals surface area contributed by atoms with E-state index in [-0.39, 0.29) is 6.04 Å². The average Bonchev–Trinajstić information content (AvgIpc) is 2.34. The van der Waals surface area contributed by atoms with Crippen LogP contribution in [0.2, 0.25) is 0 Å². The third-order valence-corrected chi connectivity index (χ3v) is 2.99. The molecule has 0 aliphatic carbocycles. The van der Waals surface area contributed by atoms with Crippen molar-refractivity contribution in [3.8, 4) is 0 Å². The standard InChI is InChI=1S/C14H24N2O/c1-12(15)13-8-4-5-9-14(13)16(2)10-6-3-7-11-17/h4-5,8-9,12,17H,3,6-7,10-11,15H2,1-2H3. The summed E-state index contributed by atoms with van der Waals surface area (Å²) in [6.07, 6.45) is 3.06. The Kier molecular flexibility index (Phi) is 6.01. The molecule has 0 radical (unpaired) electrons. The maximum Gasteiger partial charge on any atom is 0.0431 e. The minimum Gasteiger partial charge on any atom is -0.396 e. The molecule has 1 atom stereocenters. The van der Waals surface area contributed by atoms with Gasteiger partial charge in [0.15, 0.2) is 0 Å². The van der Waals surface area contributed by atoms with Crippen molar-refractivity contribution in [3.63, 3.8) is 0 Å². The van der Waals surface area contributed by atoms with Crippen LogP contribution in [-0.2, 0) is 0 Å². The summed E-state index contributed by atoms with van der Waals surface area (Å²) in [7, 11) is 2.10. The van der Waals surface area contributed by atoms with Gasteiger partial charge in [-0.05, 0) is 37.8 Å². The van der Waals surface area contributed by atoms with Crippen molar-refractivity contribution in [3.05, 3.63) is 29.8 Å². The van der Waals surface area contributed by atoms with E-state index in [0.29, 0.717) is 6.61 Å². The fourth-order valence-electron chi connectivity index (χ4n) is 1.98. The van der Waals surface area contributed by atoms with E-state index in [0.717, 1.165) is 25.8 Å². The summed E-state index contributed by atoms with van der Waals surface area (Å²) in [5.41, 5.74) is 8.38. The maximum atomic E-state index is 8.74. The molecule has 1 aromatic carbocycles. The summed E-state index contributed by atoms with van der Waals surface area (Å²) >= 11 is 0. The van der Waals surface area contributed by atoms with Crippen LogP contribution >= 0.6 is 0 Å². The Morgan fingerprint density at radius 1 is 1.24 bits per heavy atom. The third-order valence-electron chi connectivity index (χ3n) is 2.99. The van der Waals surface area contributed by atoms with Gasteiger partial charge in [-0.2, -0.15) is 0 Å². The smallest absolute Gasteiger partial charge is 0.0431 e. The second-order valence-electron chi connectivity index (χ2n) is 4.55. The quantitative estimate of drug-likeness (QED) is 0.714. The van der Waals surface area contributed by atoms with Gasteiger partial charge < -0.3 is 15.7 Å². The molecule has 0 saturated heterocycles. The minimum atomic E-state index is 0.0612. The molecule has 0 aromatic heterocycles. The van der Waals surface area contributed by atoms with E-state index in [2.05, 4.69) is 24.1 Å². The van der Waals surface area contributed by atoms with E-state index in [9.17, 15) is 0 Å². The molecule has 0 aliphatic rings. The summed E-state index contributed by atoms with van der Waals surface area (Å²) in [4.78, 5) is 2.25. The molecule has 3 nitrogen and oxygen atoms in total. The van der Waals surface area contributed by atoms with Crippen molar-refractivity contribution in [2.75, 3.05) is 25.1 Å². The van der Waals surface area contributed by atoms with E-state index >= 15 is 0 Å². The maximum absolute atomic E-state index is 8.74. The largest absolute Gasteiger partial charge is 0.396 e. The van der Waals surface area contributed by atoms with Crippen molar-refractivity contribution >= 4 is 5.69 Å². The second kappa shape index (κ2) is 7.30. The molecule has 1 rings (SSSR count). The van der Waals surface area contributed by atoms with Crippen LogP contribution in [0.1, 0.15) is 37.8 Å². The fourth-order valence-corrected chi connectivity index (χ4v) is 1.98. The summed E-state index contributed by atoms with van der Waals surface area (Å²) in [5, 5.41) is 8.74. The first-order chi connectivity index (χ1) is 8.16. The molecule has 0 saturated carbocycles. The van der Waals surface area contributed by atoms with Gasteiger partial charge in [-0.3, -0.25) is 0 Å². The molecule has 0 bridgehead atoms. The van der Waals surface area contributed by atoms with E-state index in [1.807, 2.05) is 19.1 Å². The number of aliphatic hydroxyl groups is 1. The first-order valence-corrected chi connectivity index (χ1v) is 6.33. The van der Waals surface area contributed by atoms with Crippen molar-refractivity contribution in [1.82, 2.24) is 0 Å². The molecule has 0 fully saturated rings. The average molecular weight is 236 g/mol. The van der Waals surface area contributed by atoms with Crippen LogP contribution in [0.15, 0.2) is 24.3 Å². The zero-order valence-electron chi connectivity index (χ0n) is 10.9. The highest BCUT2D eigenvalue weighted by molar-refractivity contribution is 5.54. The molecule has 0 spiro atoms. The zero-order valence-corrected chi connectivity index (χ0v) is 10.9. The Morgan fingerprint density at radius 2 is 1.94 bits per heavy atom. The van der Waals surface area contributed by atoms with E-state index in [1.165, 1.54) is 11.3 Å². The molecule has 0 heterocycles. The summed E-state index contributed by atoms with van der Waals surface area (Å²) < 4.78 is 0. The number of unbranched alkanes of at least 4 members (excludes halogenated alkanes) is 2. The highest BCUT2D eigenvalue weighted by Crippen LogP contribution is 2.24. The van der Waals surface area contributed by atoms with E-state index in [4.69, 9.17) is 10.8 Å². The summed E-state index contributed by atoms with van der Waals surface area (Å²) in [6, 6.07) is 8.34. The molecule has 3 heteroatoms. The molecule has 0 amide bonds. The van der Waals surface area contributed by atoms with Gasteiger partial charge in [0.1, 0.15) is 0 Å². The number of nitrogens with zero attached hydrogens (tertiary/aromatic N) is 1. The Bertz CT molecular complexity index is 326. The molecular formula is C14H24N2O. The lowest BCUT2D eigenvalue weighted by Gasteiger charge is -2.23. The van der Waals surface area contributed by atoms with Crippen molar-refractivity contribution in [2.45, 2.75) is 32.2 Å². The van der Waals surface area contributed by atoms with Crippen LogP contribution < -0.4 is 10.6 Å². The van der Waals surface area contributed by atoms with Crippen LogP contribution in [0, 0.1) is 0 Å². The Hall–Kier alpha value is -1.06. The second-order valence-corrected chi connectivity index (χ2v) is 4.55. The highest BCUT2D eigenvalue weighted by Gasteiger charge is 2.09. The van der Waals surface area contributed by atoms with Gasteiger partial charge >= 0.3 is 0 Å². The van der Waals surface area contributed by atoms with Crippen LogP contribution in [-0.4, -0.2) is 25.3 Å². The van der Waals surface area contributed by atoms with Crippen molar-refractivity contribution < 1.29 is 5.11 Å². The monoisotopic (exact) mass is 236 g/mol. The number of hydrogen-bond acceptors (Lipinski definition) is 3. The molecule has 17 heavy (non-hydrogen) atoms. The normalized spacial score (nSPS) is 12.5. The summed E-state index contributed by atoms with van der Waals surface area (Å²) in [6.45, 7) is 3.31. The number of anilines is 1. The number of aliphatic hydroxyl groups excluding tert-OH is 1. The lowest BCUT2D eigenvalue weighted by Crippen LogP contribution is -2.21. The number of benzene rings is 1. The van der Waals surface area contributed by atoms with E-state index in [1.54, 1.807) is 0 Å². The molecular weight excluding hydrogens is 212 g/mol. The summed E-state index contributed by atoms with van der Waals surface area (Å²) in [5.74, 6) is 0. The number of hydrogen-bond donors (Lipinski definition) is 2. The lowest BCUT2D eigenvalue weighted by molar-refractivity contribution is 0.283.